The minimum absolute atomic E-state index is 0.0433. The molecular weight excluding hydrogens is 403 g/mol. The van der Waals surface area contributed by atoms with Gasteiger partial charge in [-0.05, 0) is 30.5 Å². The van der Waals surface area contributed by atoms with Crippen LogP contribution in [0.2, 0.25) is 0 Å². The van der Waals surface area contributed by atoms with Crippen LogP contribution in [0.3, 0.4) is 0 Å². The Morgan fingerprint density at radius 2 is 1.85 bits per heavy atom. The molecule has 140 valence electrons. The van der Waals surface area contributed by atoms with E-state index in [2.05, 4.69) is 20.8 Å². The Kier molecular flexibility index (Phi) is 7.08. The predicted octanol–water partition coefficient (Wildman–Crippen LogP) is 5.26. The number of nitrogens with zero attached hydrogens (tertiary/aromatic N) is 2. The van der Waals surface area contributed by atoms with Crippen LogP contribution in [0.1, 0.15) is 6.42 Å². The molecule has 9 heteroatoms. The Morgan fingerprint density at radius 1 is 1.11 bits per heavy atom. The van der Waals surface area contributed by atoms with Gasteiger partial charge in [0, 0.05) is 17.1 Å². The van der Waals surface area contributed by atoms with Gasteiger partial charge in [-0.1, -0.05) is 47.4 Å². The third-order valence-electron chi connectivity index (χ3n) is 3.46. The van der Waals surface area contributed by atoms with Gasteiger partial charge < -0.3 is 10.6 Å². The van der Waals surface area contributed by atoms with Crippen molar-refractivity contribution in [3.8, 4) is 0 Å². The van der Waals surface area contributed by atoms with Gasteiger partial charge >= 0.3 is 0 Å². The maximum Gasteiger partial charge on any atom is 0.225 e. The lowest BCUT2D eigenvalue weighted by Gasteiger charge is -2.08. The molecule has 5 nitrogen and oxygen atoms in total. The van der Waals surface area contributed by atoms with Gasteiger partial charge in [0.15, 0.2) is 4.34 Å². The molecular formula is C18H17FN4OS3. The number of carbonyl (C=O) groups excluding carboxylic acids is 1. The van der Waals surface area contributed by atoms with Gasteiger partial charge in [-0.25, -0.2) is 4.39 Å². The van der Waals surface area contributed by atoms with Crippen LogP contribution in [0, 0.1) is 5.82 Å². The monoisotopic (exact) mass is 420 g/mol. The summed E-state index contributed by atoms with van der Waals surface area (Å²) in [6.45, 7) is 0. The number of hydrogen-bond acceptors (Lipinski definition) is 7. The van der Waals surface area contributed by atoms with Crippen LogP contribution >= 0.6 is 34.9 Å². The molecule has 0 fully saturated rings. The molecule has 0 aliphatic carbocycles. The summed E-state index contributed by atoms with van der Waals surface area (Å²) in [5, 5.41) is 14.4. The van der Waals surface area contributed by atoms with Crippen LogP contribution in [0.25, 0.3) is 0 Å². The molecule has 0 radical (unpaired) electrons. The topological polar surface area (TPSA) is 66.9 Å². The van der Waals surface area contributed by atoms with Crippen LogP contribution < -0.4 is 10.6 Å². The number of anilines is 3. The summed E-state index contributed by atoms with van der Waals surface area (Å²) >= 11 is 4.37. The number of amides is 1. The van der Waals surface area contributed by atoms with E-state index >= 15 is 0 Å². The summed E-state index contributed by atoms with van der Waals surface area (Å²) in [4.78, 5) is 13.2. The van der Waals surface area contributed by atoms with Gasteiger partial charge in [-0.2, -0.15) is 0 Å². The zero-order valence-electron chi connectivity index (χ0n) is 14.4. The number of carbonyl (C=O) groups is 1. The second-order valence-corrected chi connectivity index (χ2v) is 8.49. The fourth-order valence-electron chi connectivity index (χ4n) is 2.19. The molecule has 3 aromatic rings. The summed E-state index contributed by atoms with van der Waals surface area (Å²) in [7, 11) is 0. The zero-order valence-corrected chi connectivity index (χ0v) is 16.9. The Hall–Kier alpha value is -2.10. The van der Waals surface area contributed by atoms with Gasteiger partial charge in [-0.3, -0.25) is 4.79 Å². The summed E-state index contributed by atoms with van der Waals surface area (Å²) in [6.07, 6.45) is 2.34. The van der Waals surface area contributed by atoms with Crippen molar-refractivity contribution in [3.05, 3.63) is 54.3 Å². The first-order valence-corrected chi connectivity index (χ1v) is 11.1. The highest BCUT2D eigenvalue weighted by atomic mass is 32.2. The number of halogens is 1. The van der Waals surface area contributed by atoms with E-state index in [4.69, 9.17) is 0 Å². The molecule has 0 saturated heterocycles. The van der Waals surface area contributed by atoms with E-state index in [1.54, 1.807) is 30.0 Å². The predicted molar refractivity (Wildman–Crippen MR) is 112 cm³/mol. The summed E-state index contributed by atoms with van der Waals surface area (Å²) in [5.41, 5.74) is 1.18. The average Bonchev–Trinajstić information content (AvgIpc) is 3.11. The third-order valence-corrected chi connectivity index (χ3v) is 6.23. The van der Waals surface area contributed by atoms with Crippen molar-refractivity contribution >= 4 is 57.3 Å². The number of nitrogens with one attached hydrogen (secondary N) is 2. The van der Waals surface area contributed by atoms with Crippen LogP contribution in [0.4, 0.5) is 20.9 Å². The maximum absolute atomic E-state index is 13.6. The fourth-order valence-corrected chi connectivity index (χ4v) is 4.51. The van der Waals surface area contributed by atoms with Gasteiger partial charge in [0.1, 0.15) is 5.82 Å². The number of thioether (sulfide) groups is 2. The Balaban J connectivity index is 1.47. The number of benzene rings is 2. The van der Waals surface area contributed by atoms with Gasteiger partial charge in [-0.15, -0.1) is 22.0 Å². The first-order valence-electron chi connectivity index (χ1n) is 8.06. The first kappa shape index (κ1) is 19.7. The highest BCUT2D eigenvalue weighted by Gasteiger charge is 2.10. The van der Waals surface area contributed by atoms with Crippen molar-refractivity contribution in [2.75, 3.05) is 22.6 Å². The van der Waals surface area contributed by atoms with E-state index < -0.39 is 0 Å². The molecule has 27 heavy (non-hydrogen) atoms. The van der Waals surface area contributed by atoms with Crippen LogP contribution in [-0.2, 0) is 4.79 Å². The standard InChI is InChI=1S/C18H17FN4OS3/c1-25-15-9-5-4-8-14(15)20-16(24)10-11-26-18-23-22-17(27-18)21-13-7-3-2-6-12(13)19/h2-9H,10-11H2,1H3,(H,20,24)(H,21,22). The number of hydrogen-bond donors (Lipinski definition) is 2. The molecule has 0 aliphatic heterocycles. The molecule has 0 aliphatic rings. The summed E-state index contributed by atoms with van der Waals surface area (Å²) < 4.78 is 14.4. The number of aromatic nitrogens is 2. The van der Waals surface area contributed by atoms with E-state index in [9.17, 15) is 9.18 Å². The molecule has 0 spiro atoms. The minimum Gasteiger partial charge on any atom is -0.328 e. The molecule has 0 bridgehead atoms. The minimum atomic E-state index is -0.343. The van der Waals surface area contributed by atoms with Gasteiger partial charge in [0.25, 0.3) is 0 Å². The van der Waals surface area contributed by atoms with Crippen molar-refractivity contribution in [1.29, 1.82) is 0 Å². The molecule has 1 heterocycles. The number of para-hydroxylation sites is 2. The molecule has 0 saturated carbocycles. The van der Waals surface area contributed by atoms with Gasteiger partial charge in [0.2, 0.25) is 11.0 Å². The van der Waals surface area contributed by atoms with Crippen molar-refractivity contribution in [2.45, 2.75) is 15.7 Å². The fraction of sp³-hybridized carbons (Fsp3) is 0.167. The Morgan fingerprint density at radius 3 is 2.63 bits per heavy atom. The molecule has 2 N–H and O–H groups in total. The SMILES string of the molecule is CSc1ccccc1NC(=O)CCSc1nnc(Nc2ccccc2F)s1. The molecule has 2 aromatic carbocycles. The van der Waals surface area contributed by atoms with Crippen LogP contribution in [-0.4, -0.2) is 28.1 Å². The van der Waals surface area contributed by atoms with Crippen molar-refractivity contribution in [3.63, 3.8) is 0 Å². The normalized spacial score (nSPS) is 10.6. The molecule has 3 rings (SSSR count). The lowest BCUT2D eigenvalue weighted by Crippen LogP contribution is -2.12. The number of rotatable bonds is 8. The highest BCUT2D eigenvalue weighted by molar-refractivity contribution is 8.01. The molecule has 1 amide bonds. The average molecular weight is 421 g/mol. The van der Waals surface area contributed by atoms with Crippen molar-refractivity contribution in [1.82, 2.24) is 10.2 Å². The second kappa shape index (κ2) is 9.72. The largest absolute Gasteiger partial charge is 0.328 e. The Labute approximate surface area is 169 Å². The first-order chi connectivity index (χ1) is 13.2. The maximum atomic E-state index is 13.6. The van der Waals surface area contributed by atoms with Gasteiger partial charge in [0.05, 0.1) is 11.4 Å². The van der Waals surface area contributed by atoms with E-state index in [1.807, 2.05) is 30.5 Å². The van der Waals surface area contributed by atoms with Crippen molar-refractivity contribution < 1.29 is 9.18 Å². The summed E-state index contributed by atoms with van der Waals surface area (Å²) in [5.74, 6) is 0.198. The Bertz CT molecular complexity index is 919. The smallest absolute Gasteiger partial charge is 0.225 e. The van der Waals surface area contributed by atoms with E-state index in [0.717, 1.165) is 14.9 Å². The quantitative estimate of drug-likeness (QED) is 0.484. The lowest BCUT2D eigenvalue weighted by molar-refractivity contribution is -0.115. The van der Waals surface area contributed by atoms with E-state index in [0.29, 0.717) is 23.0 Å². The third kappa shape index (κ3) is 5.69. The lowest BCUT2D eigenvalue weighted by atomic mass is 10.3. The summed E-state index contributed by atoms with van der Waals surface area (Å²) in [6, 6.07) is 14.1. The molecule has 0 atom stereocenters. The van der Waals surface area contributed by atoms with E-state index in [-0.39, 0.29) is 11.7 Å². The highest BCUT2D eigenvalue weighted by Crippen LogP contribution is 2.29. The second-order valence-electron chi connectivity index (χ2n) is 5.32. The van der Waals surface area contributed by atoms with Crippen molar-refractivity contribution in [2.24, 2.45) is 0 Å². The van der Waals surface area contributed by atoms with Crippen LogP contribution in [0.15, 0.2) is 57.8 Å². The molecule has 0 unspecified atom stereocenters. The van der Waals surface area contributed by atoms with Crippen LogP contribution in [0.5, 0.6) is 0 Å². The zero-order chi connectivity index (χ0) is 19.1. The van der Waals surface area contributed by atoms with E-state index in [1.165, 1.54) is 29.2 Å². The molecule has 1 aromatic heterocycles.